The molecule has 0 saturated carbocycles. The van der Waals surface area contributed by atoms with Gasteiger partial charge in [0.15, 0.2) is 0 Å². The second-order valence-corrected chi connectivity index (χ2v) is 6.57. The first kappa shape index (κ1) is 20.5. The topological polar surface area (TPSA) is 60.8 Å². The number of fused-ring (bicyclic) bond motifs is 1. The number of para-hydroxylation sites is 1. The van der Waals surface area contributed by atoms with E-state index in [4.69, 9.17) is 9.47 Å². The van der Waals surface area contributed by atoms with Gasteiger partial charge in [-0.05, 0) is 58.0 Å². The zero-order chi connectivity index (χ0) is 21.0. The van der Waals surface area contributed by atoms with Crippen LogP contribution in [0.5, 0.6) is 5.75 Å². The third-order valence-corrected chi connectivity index (χ3v) is 4.90. The van der Waals surface area contributed by atoms with Crippen molar-refractivity contribution in [3.8, 4) is 11.4 Å². The number of nitrogens with zero attached hydrogens (tertiary/aromatic N) is 2. The van der Waals surface area contributed by atoms with Gasteiger partial charge < -0.3 is 18.9 Å². The van der Waals surface area contributed by atoms with Gasteiger partial charge >= 0.3 is 12.1 Å². The molecule has 1 heterocycles. The number of rotatable bonds is 6. The van der Waals surface area contributed by atoms with E-state index in [1.54, 1.807) is 24.0 Å². The lowest BCUT2D eigenvalue weighted by molar-refractivity contribution is 0.0527. The first-order valence-corrected chi connectivity index (χ1v) is 9.86. The van der Waals surface area contributed by atoms with Crippen LogP contribution < -0.4 is 4.74 Å². The highest BCUT2D eigenvalue weighted by atomic mass is 16.6. The van der Waals surface area contributed by atoms with E-state index in [9.17, 15) is 9.59 Å². The molecule has 0 aliphatic rings. The Kier molecular flexibility index (Phi) is 6.22. The first-order chi connectivity index (χ1) is 14.0. The summed E-state index contributed by atoms with van der Waals surface area (Å²) in [6.07, 6.45) is -0.411. The van der Waals surface area contributed by atoms with Crippen molar-refractivity contribution in [1.82, 2.24) is 9.47 Å². The molecule has 0 bridgehead atoms. The van der Waals surface area contributed by atoms with Gasteiger partial charge in [0.25, 0.3) is 0 Å². The fraction of sp³-hybridized carbons (Fsp3) is 0.304. The molecule has 29 heavy (non-hydrogen) atoms. The smallest absolute Gasteiger partial charge is 0.415 e. The van der Waals surface area contributed by atoms with Crippen molar-refractivity contribution in [2.45, 2.75) is 27.7 Å². The SMILES string of the molecule is CCOC(=O)c1c(C)n(-c2ccccc2)c2ccc(OC(=O)N(CC)CC)cc12. The Labute approximate surface area is 170 Å². The molecule has 0 atom stereocenters. The monoisotopic (exact) mass is 394 g/mol. The number of esters is 1. The fourth-order valence-corrected chi connectivity index (χ4v) is 3.48. The maximum atomic E-state index is 12.7. The van der Waals surface area contributed by atoms with E-state index >= 15 is 0 Å². The molecule has 1 amide bonds. The van der Waals surface area contributed by atoms with Gasteiger partial charge in [0.1, 0.15) is 5.75 Å². The number of carbonyl (C=O) groups excluding carboxylic acids is 2. The minimum absolute atomic E-state index is 0.285. The molecule has 6 heteroatoms. The third kappa shape index (κ3) is 3.97. The summed E-state index contributed by atoms with van der Waals surface area (Å²) in [6, 6.07) is 15.2. The van der Waals surface area contributed by atoms with Crippen LogP contribution in [0, 0.1) is 6.92 Å². The Morgan fingerprint density at radius 1 is 1.00 bits per heavy atom. The molecule has 2 aromatic carbocycles. The van der Waals surface area contributed by atoms with Gasteiger partial charge in [-0.15, -0.1) is 0 Å². The summed E-state index contributed by atoms with van der Waals surface area (Å²) in [7, 11) is 0. The largest absolute Gasteiger partial charge is 0.462 e. The summed E-state index contributed by atoms with van der Waals surface area (Å²) in [4.78, 5) is 26.6. The van der Waals surface area contributed by atoms with Crippen molar-refractivity contribution >= 4 is 23.0 Å². The van der Waals surface area contributed by atoms with Gasteiger partial charge in [-0.25, -0.2) is 9.59 Å². The fourth-order valence-electron chi connectivity index (χ4n) is 3.48. The number of hydrogen-bond donors (Lipinski definition) is 0. The van der Waals surface area contributed by atoms with Crippen molar-refractivity contribution in [3.63, 3.8) is 0 Å². The predicted molar refractivity (Wildman–Crippen MR) is 113 cm³/mol. The van der Waals surface area contributed by atoms with Crippen LogP contribution in [-0.4, -0.2) is 41.2 Å². The van der Waals surface area contributed by atoms with Gasteiger partial charge in [0.2, 0.25) is 0 Å². The molecule has 0 fully saturated rings. The van der Waals surface area contributed by atoms with Gasteiger partial charge in [-0.3, -0.25) is 0 Å². The maximum absolute atomic E-state index is 12.7. The average molecular weight is 394 g/mol. The van der Waals surface area contributed by atoms with Gasteiger partial charge in [0.05, 0.1) is 17.7 Å². The lowest BCUT2D eigenvalue weighted by Gasteiger charge is -2.17. The quantitative estimate of drug-likeness (QED) is 0.555. The van der Waals surface area contributed by atoms with Crippen LogP contribution in [0.15, 0.2) is 48.5 Å². The molecule has 0 unspecified atom stereocenters. The molecule has 6 nitrogen and oxygen atoms in total. The number of aromatic nitrogens is 1. The van der Waals surface area contributed by atoms with Crippen LogP contribution in [0.1, 0.15) is 36.8 Å². The molecule has 3 aromatic rings. The highest BCUT2D eigenvalue weighted by Crippen LogP contribution is 2.32. The van der Waals surface area contributed by atoms with Crippen molar-refractivity contribution in [2.75, 3.05) is 19.7 Å². The predicted octanol–water partition coefficient (Wildman–Crippen LogP) is 4.96. The molecule has 1 aromatic heterocycles. The van der Waals surface area contributed by atoms with Crippen molar-refractivity contribution in [1.29, 1.82) is 0 Å². The molecule has 0 radical (unpaired) electrons. The first-order valence-electron chi connectivity index (χ1n) is 9.86. The number of carbonyl (C=O) groups is 2. The van der Waals surface area contributed by atoms with Crippen LogP contribution in [0.25, 0.3) is 16.6 Å². The molecule has 0 N–H and O–H groups in total. The van der Waals surface area contributed by atoms with E-state index < -0.39 is 12.1 Å². The van der Waals surface area contributed by atoms with Crippen LogP contribution >= 0.6 is 0 Å². The molecule has 3 rings (SSSR count). The molecular weight excluding hydrogens is 368 g/mol. The second kappa shape index (κ2) is 8.82. The minimum atomic E-state index is -0.411. The summed E-state index contributed by atoms with van der Waals surface area (Å²) < 4.78 is 12.8. The maximum Gasteiger partial charge on any atom is 0.415 e. The van der Waals surface area contributed by atoms with Crippen molar-refractivity contribution < 1.29 is 19.1 Å². The standard InChI is InChI=1S/C23H26N2O4/c1-5-24(6-2)23(27)29-18-13-14-20-19(15-18)21(22(26)28-7-3)16(4)25(20)17-11-9-8-10-12-17/h8-15H,5-7H2,1-4H3. The molecule has 0 saturated heterocycles. The van der Waals surface area contributed by atoms with E-state index in [1.165, 1.54) is 0 Å². The molecule has 0 aliphatic heterocycles. The Balaban J connectivity index is 2.14. The number of benzene rings is 2. The van der Waals surface area contributed by atoms with Gasteiger partial charge in [-0.2, -0.15) is 0 Å². The summed E-state index contributed by atoms with van der Waals surface area (Å²) in [5.74, 6) is 0.00191. The van der Waals surface area contributed by atoms with Crippen LogP contribution in [0.3, 0.4) is 0 Å². The van der Waals surface area contributed by atoms with Crippen LogP contribution in [-0.2, 0) is 4.74 Å². The van der Waals surface area contributed by atoms with Crippen LogP contribution in [0.4, 0.5) is 4.79 Å². The molecule has 152 valence electrons. The van der Waals surface area contributed by atoms with Crippen molar-refractivity contribution in [2.24, 2.45) is 0 Å². The normalized spacial score (nSPS) is 10.8. The lowest BCUT2D eigenvalue weighted by atomic mass is 10.1. The van der Waals surface area contributed by atoms with E-state index in [1.807, 2.05) is 61.7 Å². The summed E-state index contributed by atoms with van der Waals surface area (Å²) in [6.45, 7) is 8.88. The molecule has 0 aliphatic carbocycles. The zero-order valence-electron chi connectivity index (χ0n) is 17.3. The Bertz CT molecular complexity index is 1020. The molecule has 0 spiro atoms. The Morgan fingerprint density at radius 3 is 2.31 bits per heavy atom. The highest BCUT2D eigenvalue weighted by molar-refractivity contribution is 6.07. The number of amides is 1. The molecular formula is C23H26N2O4. The lowest BCUT2D eigenvalue weighted by Crippen LogP contribution is -2.33. The highest BCUT2D eigenvalue weighted by Gasteiger charge is 2.23. The van der Waals surface area contributed by atoms with Gasteiger partial charge in [-0.1, -0.05) is 18.2 Å². The Morgan fingerprint density at radius 2 is 1.69 bits per heavy atom. The van der Waals surface area contributed by atoms with Crippen molar-refractivity contribution in [3.05, 3.63) is 59.8 Å². The minimum Gasteiger partial charge on any atom is -0.462 e. The summed E-state index contributed by atoms with van der Waals surface area (Å²) in [5.41, 5.74) is 3.04. The van der Waals surface area contributed by atoms with E-state index in [0.29, 0.717) is 29.8 Å². The number of ether oxygens (including phenoxy) is 2. The van der Waals surface area contributed by atoms with E-state index in [0.717, 1.165) is 16.9 Å². The van der Waals surface area contributed by atoms with E-state index in [-0.39, 0.29) is 6.61 Å². The Hall–Kier alpha value is -3.28. The zero-order valence-corrected chi connectivity index (χ0v) is 17.3. The summed E-state index contributed by atoms with van der Waals surface area (Å²) >= 11 is 0. The number of hydrogen-bond acceptors (Lipinski definition) is 4. The van der Waals surface area contributed by atoms with Gasteiger partial charge in [0, 0.05) is 29.9 Å². The average Bonchev–Trinajstić information content (AvgIpc) is 3.01. The summed E-state index contributed by atoms with van der Waals surface area (Å²) in [5, 5.41) is 0.689. The second-order valence-electron chi connectivity index (χ2n) is 6.57. The van der Waals surface area contributed by atoms with E-state index in [2.05, 4.69) is 0 Å². The van der Waals surface area contributed by atoms with Crippen LogP contribution in [0.2, 0.25) is 0 Å². The third-order valence-electron chi connectivity index (χ3n) is 4.90.